The van der Waals surface area contributed by atoms with E-state index in [1.54, 1.807) is 0 Å². The number of rotatable bonds is 13. The van der Waals surface area contributed by atoms with Crippen LogP contribution in [0.2, 0.25) is 0 Å². The van der Waals surface area contributed by atoms with Crippen LogP contribution in [-0.4, -0.2) is 0 Å². The van der Waals surface area contributed by atoms with E-state index in [9.17, 15) is 0 Å². The van der Waals surface area contributed by atoms with Crippen molar-refractivity contribution in [3.05, 3.63) is 400 Å². The molecule has 0 fully saturated rings. The Hall–Kier alpha value is -13.8. The van der Waals surface area contributed by atoms with Gasteiger partial charge in [0, 0.05) is 66.4 Å². The van der Waals surface area contributed by atoms with E-state index in [1.807, 2.05) is 0 Å². The fraction of sp³-hybridized carbons (Fsp3) is 0. The van der Waals surface area contributed by atoms with Gasteiger partial charge < -0.3 is 19.6 Å². The van der Waals surface area contributed by atoms with Crippen molar-refractivity contribution in [1.29, 1.82) is 0 Å². The van der Waals surface area contributed by atoms with Gasteiger partial charge >= 0.3 is 0 Å². The van der Waals surface area contributed by atoms with Crippen molar-refractivity contribution in [3.63, 3.8) is 0 Å². The lowest BCUT2D eigenvalue weighted by molar-refractivity contribution is 1.27. The molecule has 0 bridgehead atoms. The van der Waals surface area contributed by atoms with Crippen molar-refractivity contribution in [2.24, 2.45) is 0 Å². The Bertz CT molecular complexity index is 6080. The Morgan fingerprint density at radius 1 is 0.115 bits per heavy atom. The lowest BCUT2D eigenvalue weighted by Crippen LogP contribution is -2.13. The predicted molar refractivity (Wildman–Crippen MR) is 446 cm³/mol. The first-order valence-electron chi connectivity index (χ1n) is 35.8. The van der Waals surface area contributed by atoms with Crippen LogP contribution in [0.25, 0.3) is 119 Å². The summed E-state index contributed by atoms with van der Waals surface area (Å²) in [5, 5.41) is 24.1. The van der Waals surface area contributed by atoms with Crippen LogP contribution in [0.4, 0.5) is 68.2 Å². The summed E-state index contributed by atoms with van der Waals surface area (Å²) in [4.78, 5) is 9.82. The molecule has 4 nitrogen and oxygen atoms in total. The molecule has 20 rings (SSSR count). The first kappa shape index (κ1) is 60.2. The minimum atomic E-state index is 1.05. The highest BCUT2D eigenvalue weighted by Crippen LogP contribution is 2.51. The number of hydrogen-bond donors (Lipinski definition) is 0. The average Bonchev–Trinajstić information content (AvgIpc) is 1.69. The highest BCUT2D eigenvalue weighted by Gasteiger charge is 2.26. The molecule has 20 aromatic rings. The second-order valence-corrected chi connectivity index (χ2v) is 27.1. The zero-order valence-electron chi connectivity index (χ0n) is 56.9. The van der Waals surface area contributed by atoms with Gasteiger partial charge in [-0.2, -0.15) is 0 Å². The first-order valence-corrected chi connectivity index (χ1v) is 35.8. The van der Waals surface area contributed by atoms with Gasteiger partial charge in [-0.05, 0) is 196 Å². The maximum Gasteiger partial charge on any atom is 0.0546 e. The van der Waals surface area contributed by atoms with E-state index in [2.05, 4.69) is 420 Å². The van der Waals surface area contributed by atoms with Gasteiger partial charge in [0.1, 0.15) is 0 Å². The predicted octanol–water partition coefficient (Wildman–Crippen LogP) is 28.8. The molecule has 0 saturated carbocycles. The minimum Gasteiger partial charge on any atom is -0.310 e. The van der Waals surface area contributed by atoms with E-state index in [1.165, 1.54) is 108 Å². The second-order valence-electron chi connectivity index (χ2n) is 27.1. The van der Waals surface area contributed by atoms with E-state index < -0.39 is 0 Å². The lowest BCUT2D eigenvalue weighted by atomic mass is 9.96. The SMILES string of the molecule is c1ccc2c(N(c3ccc(-c4ccc(N(c5ccc(N(c6cc7ccccc7c7ccccc67)c6cc7ccccc7c7ccccc67)cc5)c5cccc6ccccc56)cc4)cc3)c3ccc(N(c4cc5ccccc5c5ccccc45)c4cc5ccccc5c5ccccc45)cc3)cccc2c1. The second kappa shape index (κ2) is 25.1. The van der Waals surface area contributed by atoms with Crippen molar-refractivity contribution < 1.29 is 0 Å². The number of fused-ring (bicyclic) bond motifs is 14. The Kier molecular flexibility index (Phi) is 14.5. The Balaban J connectivity index is 0.685. The summed E-state index contributed by atoms with van der Waals surface area (Å²) in [6.45, 7) is 0. The van der Waals surface area contributed by atoms with E-state index in [0.717, 1.165) is 79.4 Å². The van der Waals surface area contributed by atoms with Crippen molar-refractivity contribution in [2.45, 2.75) is 0 Å². The monoisotopic (exact) mass is 1320 g/mol. The van der Waals surface area contributed by atoms with Crippen LogP contribution in [0.1, 0.15) is 0 Å². The normalized spacial score (nSPS) is 11.7. The van der Waals surface area contributed by atoms with E-state index in [-0.39, 0.29) is 0 Å². The summed E-state index contributed by atoms with van der Waals surface area (Å²) in [6, 6.07) is 147. The molecule has 20 aromatic carbocycles. The molecule has 0 N–H and O–H groups in total. The molecule has 0 aromatic heterocycles. The number of nitrogens with zero attached hydrogens (tertiary/aromatic N) is 4. The van der Waals surface area contributed by atoms with E-state index in [0.29, 0.717) is 0 Å². The quantitative estimate of drug-likeness (QED) is 0.107. The molecule has 0 saturated heterocycles. The van der Waals surface area contributed by atoms with Crippen LogP contribution in [0.5, 0.6) is 0 Å². The first-order chi connectivity index (χ1) is 51.6. The largest absolute Gasteiger partial charge is 0.310 e. The minimum absolute atomic E-state index is 1.05. The number of benzene rings is 20. The third-order valence-corrected chi connectivity index (χ3v) is 21.3. The Morgan fingerprint density at radius 3 is 0.577 bits per heavy atom. The van der Waals surface area contributed by atoms with Crippen LogP contribution in [-0.2, 0) is 0 Å². The van der Waals surface area contributed by atoms with Gasteiger partial charge in [0.2, 0.25) is 0 Å². The van der Waals surface area contributed by atoms with Gasteiger partial charge in [0.15, 0.2) is 0 Å². The smallest absolute Gasteiger partial charge is 0.0546 e. The topological polar surface area (TPSA) is 13.0 Å². The van der Waals surface area contributed by atoms with Crippen molar-refractivity contribution in [3.8, 4) is 11.1 Å². The zero-order valence-corrected chi connectivity index (χ0v) is 56.9. The maximum atomic E-state index is 2.49. The number of hydrogen-bond acceptors (Lipinski definition) is 4. The summed E-state index contributed by atoms with van der Waals surface area (Å²) in [7, 11) is 0. The molecule has 0 amide bonds. The average molecular weight is 1320 g/mol. The molecule has 0 aliphatic rings. The van der Waals surface area contributed by atoms with Crippen molar-refractivity contribution in [1.82, 2.24) is 0 Å². The molecule has 0 unspecified atom stereocenters. The van der Waals surface area contributed by atoms with Gasteiger partial charge in [-0.15, -0.1) is 0 Å². The summed E-state index contributed by atoms with van der Waals surface area (Å²) in [5.74, 6) is 0. The molecule has 0 spiro atoms. The molecule has 104 heavy (non-hydrogen) atoms. The van der Waals surface area contributed by atoms with Gasteiger partial charge in [-0.3, -0.25) is 0 Å². The molecule has 0 radical (unpaired) electrons. The molecule has 0 heterocycles. The lowest BCUT2D eigenvalue weighted by Gasteiger charge is -2.31. The van der Waals surface area contributed by atoms with Crippen LogP contribution < -0.4 is 19.6 Å². The van der Waals surface area contributed by atoms with Gasteiger partial charge in [0.05, 0.1) is 34.1 Å². The van der Waals surface area contributed by atoms with Crippen molar-refractivity contribution in [2.75, 3.05) is 19.6 Å². The van der Waals surface area contributed by atoms with Crippen LogP contribution >= 0.6 is 0 Å². The highest BCUT2D eigenvalue weighted by molar-refractivity contribution is 6.21. The fourth-order valence-corrected chi connectivity index (χ4v) is 16.5. The molecular weight excluding hydrogens is 1260 g/mol. The summed E-state index contributed by atoms with van der Waals surface area (Å²) < 4.78 is 0. The summed E-state index contributed by atoms with van der Waals surface area (Å²) in [6.07, 6.45) is 0. The van der Waals surface area contributed by atoms with Crippen LogP contribution in [0.3, 0.4) is 0 Å². The van der Waals surface area contributed by atoms with Crippen molar-refractivity contribution >= 4 is 176 Å². The fourth-order valence-electron chi connectivity index (χ4n) is 16.5. The van der Waals surface area contributed by atoms with Gasteiger partial charge in [0.25, 0.3) is 0 Å². The molecular formula is C100H66N4. The molecule has 0 aliphatic heterocycles. The maximum absolute atomic E-state index is 2.49. The Morgan fingerprint density at radius 2 is 0.308 bits per heavy atom. The van der Waals surface area contributed by atoms with Crippen LogP contribution in [0.15, 0.2) is 400 Å². The third-order valence-electron chi connectivity index (χ3n) is 21.3. The Labute approximate surface area is 603 Å². The summed E-state index contributed by atoms with van der Waals surface area (Å²) >= 11 is 0. The van der Waals surface area contributed by atoms with E-state index >= 15 is 0 Å². The highest BCUT2D eigenvalue weighted by atomic mass is 15.2. The summed E-state index contributed by atoms with van der Waals surface area (Å²) in [5.41, 5.74) is 15.3. The molecule has 0 aliphatic carbocycles. The van der Waals surface area contributed by atoms with E-state index in [4.69, 9.17) is 0 Å². The molecule has 0 atom stereocenters. The van der Waals surface area contributed by atoms with Gasteiger partial charge in [-0.25, -0.2) is 0 Å². The van der Waals surface area contributed by atoms with Gasteiger partial charge in [-0.1, -0.05) is 291 Å². The molecule has 486 valence electrons. The molecule has 4 heteroatoms. The number of anilines is 12. The van der Waals surface area contributed by atoms with Crippen LogP contribution in [0, 0.1) is 0 Å². The zero-order chi connectivity index (χ0) is 68.6. The standard InChI is InChI=1S/C100H66N4/c1-11-35-85-69(23-1)29-21-45-95(85)101(77-55-59-79(60-56-77)103(97-63-71-25-3-7-31-81(71)87-37-13-17-41-91(87)97)98-64-72-26-4-8-32-82(72)88-38-14-18-42-92(88)98)75-51-47-67(48-52-75)68-49-53-76(54-50-68)102(96-46-22-30-70-24-2-12-36-86(70)96)78-57-61-80(62-58-78)104(99-65-73-27-5-9-33-83(73)89-39-15-19-43-93(89)99)100-66-74-28-6-10-34-84(74)90-40-16-20-44-94(90)100/h1-66H. The third kappa shape index (κ3) is 10.2.